The first-order valence-electron chi connectivity index (χ1n) is 11.2. The number of carbonyl (C=O) groups excluding carboxylic acids is 1. The Kier molecular flexibility index (Phi) is 7.82. The number of amides is 1. The number of ether oxygens (including phenoxy) is 1. The van der Waals surface area contributed by atoms with Crippen molar-refractivity contribution in [3.05, 3.63) is 70.5 Å². The summed E-state index contributed by atoms with van der Waals surface area (Å²) in [5.41, 5.74) is 2.66. The highest BCUT2D eigenvalue weighted by atomic mass is 35.5. The van der Waals surface area contributed by atoms with Crippen molar-refractivity contribution in [1.82, 2.24) is 15.0 Å². The van der Waals surface area contributed by atoms with Gasteiger partial charge in [-0.05, 0) is 62.6 Å². The van der Waals surface area contributed by atoms with E-state index in [9.17, 15) is 9.18 Å². The van der Waals surface area contributed by atoms with Gasteiger partial charge in [-0.3, -0.25) is 4.79 Å². The van der Waals surface area contributed by atoms with E-state index in [1.165, 1.54) is 12.1 Å². The summed E-state index contributed by atoms with van der Waals surface area (Å²) in [6.07, 6.45) is 0. The average molecular weight is 487 g/mol. The van der Waals surface area contributed by atoms with Crippen molar-refractivity contribution in [1.29, 1.82) is 0 Å². The van der Waals surface area contributed by atoms with Gasteiger partial charge in [-0.25, -0.2) is 4.39 Å². The van der Waals surface area contributed by atoms with Crippen molar-refractivity contribution in [2.24, 2.45) is 0 Å². The van der Waals surface area contributed by atoms with Gasteiger partial charge in [-0.2, -0.15) is 0 Å². The van der Waals surface area contributed by atoms with Crippen molar-refractivity contribution < 1.29 is 18.4 Å². The van der Waals surface area contributed by atoms with Gasteiger partial charge in [0.05, 0.1) is 25.3 Å². The zero-order valence-corrected chi connectivity index (χ0v) is 20.1. The van der Waals surface area contributed by atoms with E-state index >= 15 is 0 Å². The summed E-state index contributed by atoms with van der Waals surface area (Å²) >= 11 is 6.03. The Morgan fingerprint density at radius 3 is 2.38 bits per heavy atom. The van der Waals surface area contributed by atoms with Crippen LogP contribution in [0.5, 0.6) is 0 Å². The molecule has 0 atom stereocenters. The molecule has 0 spiro atoms. The highest BCUT2D eigenvalue weighted by Crippen LogP contribution is 2.33. The van der Waals surface area contributed by atoms with Crippen LogP contribution in [0.15, 0.2) is 53.1 Å². The summed E-state index contributed by atoms with van der Waals surface area (Å²) in [6.45, 7) is 3.97. The van der Waals surface area contributed by atoms with Crippen LogP contribution in [0.3, 0.4) is 0 Å². The van der Waals surface area contributed by atoms with E-state index in [0.29, 0.717) is 61.6 Å². The molecule has 3 aromatic rings. The molecule has 9 heteroatoms. The smallest absolute Gasteiger partial charge is 0.254 e. The Balaban J connectivity index is 1.71. The molecule has 0 N–H and O–H groups in total. The minimum Gasteiger partial charge on any atom is -0.378 e. The number of rotatable bonds is 8. The van der Waals surface area contributed by atoms with Crippen molar-refractivity contribution in [3.8, 4) is 11.3 Å². The minimum atomic E-state index is -0.326. The zero-order chi connectivity index (χ0) is 24.1. The van der Waals surface area contributed by atoms with Crippen LogP contribution in [0, 0.1) is 5.82 Å². The second-order valence-electron chi connectivity index (χ2n) is 8.46. The topological polar surface area (TPSA) is 62.1 Å². The summed E-state index contributed by atoms with van der Waals surface area (Å²) in [7, 11) is 3.93. The fourth-order valence-corrected chi connectivity index (χ4v) is 3.96. The van der Waals surface area contributed by atoms with E-state index in [2.05, 4.69) is 10.1 Å². The molecule has 1 saturated heterocycles. The van der Waals surface area contributed by atoms with Crippen molar-refractivity contribution in [2.45, 2.75) is 6.54 Å². The lowest BCUT2D eigenvalue weighted by Crippen LogP contribution is -2.38. The maximum absolute atomic E-state index is 13.6. The Morgan fingerprint density at radius 2 is 1.74 bits per heavy atom. The number of aromatic nitrogens is 1. The molecule has 2 aromatic carbocycles. The second kappa shape index (κ2) is 11.0. The fraction of sp³-hybridized carbons (Fsp3) is 0.360. The fourth-order valence-electron chi connectivity index (χ4n) is 3.83. The van der Waals surface area contributed by atoms with E-state index in [4.69, 9.17) is 20.9 Å². The minimum absolute atomic E-state index is 0.113. The van der Waals surface area contributed by atoms with E-state index in [1.54, 1.807) is 41.3 Å². The summed E-state index contributed by atoms with van der Waals surface area (Å²) in [5, 5.41) is 4.91. The number of morpholine rings is 1. The molecule has 1 fully saturated rings. The first kappa shape index (κ1) is 24.2. The molecule has 0 unspecified atom stereocenters. The third-order valence-corrected chi connectivity index (χ3v) is 5.98. The molecule has 180 valence electrons. The van der Waals surface area contributed by atoms with E-state index in [-0.39, 0.29) is 18.3 Å². The van der Waals surface area contributed by atoms with Gasteiger partial charge in [0.1, 0.15) is 11.5 Å². The Morgan fingerprint density at radius 1 is 1.06 bits per heavy atom. The number of halogens is 2. The molecular weight excluding hydrogens is 459 g/mol. The molecular formula is C25H28ClFN4O3. The van der Waals surface area contributed by atoms with Crippen molar-refractivity contribution in [3.63, 3.8) is 0 Å². The number of likely N-dealkylation sites (N-methyl/N-ethyl adjacent to an activating group) is 1. The number of benzene rings is 2. The highest BCUT2D eigenvalue weighted by Gasteiger charge is 2.27. The number of hydrogen-bond acceptors (Lipinski definition) is 6. The summed E-state index contributed by atoms with van der Waals surface area (Å²) in [5.74, 6) is 0.173. The first-order chi connectivity index (χ1) is 16.4. The molecule has 1 aromatic heterocycles. The maximum Gasteiger partial charge on any atom is 0.254 e. The lowest BCUT2D eigenvalue weighted by Gasteiger charge is -2.29. The summed E-state index contributed by atoms with van der Waals surface area (Å²) in [4.78, 5) is 19.4. The molecule has 1 aliphatic heterocycles. The van der Waals surface area contributed by atoms with Crippen LogP contribution >= 0.6 is 11.6 Å². The van der Waals surface area contributed by atoms with Crippen molar-refractivity contribution >= 4 is 23.4 Å². The quantitative estimate of drug-likeness (QED) is 0.476. The van der Waals surface area contributed by atoms with Crippen LogP contribution in [-0.2, 0) is 11.3 Å². The average Bonchev–Trinajstić information content (AvgIpc) is 3.26. The van der Waals surface area contributed by atoms with Crippen LogP contribution in [0.25, 0.3) is 11.3 Å². The van der Waals surface area contributed by atoms with E-state index in [1.807, 2.05) is 19.0 Å². The summed E-state index contributed by atoms with van der Waals surface area (Å²) in [6, 6.07) is 13.0. The molecule has 1 aliphatic rings. The lowest BCUT2D eigenvalue weighted by atomic mass is 10.1. The molecule has 0 radical (unpaired) electrons. The number of carbonyl (C=O) groups is 1. The first-order valence-corrected chi connectivity index (χ1v) is 11.6. The molecule has 1 amide bonds. The second-order valence-corrected chi connectivity index (χ2v) is 8.89. The molecule has 2 heterocycles. The Hall–Kier alpha value is -2.94. The highest BCUT2D eigenvalue weighted by molar-refractivity contribution is 6.30. The van der Waals surface area contributed by atoms with Crippen LogP contribution in [-0.4, -0.2) is 74.4 Å². The van der Waals surface area contributed by atoms with Gasteiger partial charge in [0.15, 0.2) is 0 Å². The Labute approximate surface area is 203 Å². The maximum atomic E-state index is 13.6. The van der Waals surface area contributed by atoms with Gasteiger partial charge >= 0.3 is 0 Å². The molecule has 0 aliphatic carbocycles. The largest absolute Gasteiger partial charge is 0.378 e. The van der Waals surface area contributed by atoms with E-state index in [0.717, 1.165) is 11.1 Å². The van der Waals surface area contributed by atoms with E-state index < -0.39 is 0 Å². The lowest BCUT2D eigenvalue weighted by molar-refractivity contribution is 0.0731. The van der Waals surface area contributed by atoms with Crippen molar-refractivity contribution in [2.75, 3.05) is 58.4 Å². The van der Waals surface area contributed by atoms with Gasteiger partial charge in [0.2, 0.25) is 5.88 Å². The van der Waals surface area contributed by atoms with Gasteiger partial charge in [-0.1, -0.05) is 16.8 Å². The number of nitrogens with zero attached hydrogens (tertiary/aromatic N) is 4. The van der Waals surface area contributed by atoms with Gasteiger partial charge in [0.25, 0.3) is 5.91 Å². The third-order valence-electron chi connectivity index (χ3n) is 5.73. The Bertz CT molecular complexity index is 1100. The molecule has 7 nitrogen and oxygen atoms in total. The monoisotopic (exact) mass is 486 g/mol. The zero-order valence-electron chi connectivity index (χ0n) is 19.3. The molecule has 0 saturated carbocycles. The number of hydrogen-bond donors (Lipinski definition) is 0. The molecule has 34 heavy (non-hydrogen) atoms. The van der Waals surface area contributed by atoms with Gasteiger partial charge in [-0.15, -0.1) is 0 Å². The normalized spacial score (nSPS) is 14.0. The molecule has 4 rings (SSSR count). The SMILES string of the molecule is CN(C)CCN(Cc1c(-c2ccc(F)cc2)noc1N1CCOCC1)C(=O)c1ccc(Cl)cc1. The predicted molar refractivity (Wildman–Crippen MR) is 130 cm³/mol. The van der Waals surface area contributed by atoms with Crippen LogP contribution in [0.2, 0.25) is 5.02 Å². The van der Waals surface area contributed by atoms with Crippen LogP contribution < -0.4 is 4.90 Å². The van der Waals surface area contributed by atoms with Gasteiger partial charge in [0, 0.05) is 42.3 Å². The number of anilines is 1. The van der Waals surface area contributed by atoms with Gasteiger partial charge < -0.3 is 24.0 Å². The third kappa shape index (κ3) is 5.75. The van der Waals surface area contributed by atoms with Crippen LogP contribution in [0.1, 0.15) is 15.9 Å². The standard InChI is InChI=1S/C25H28ClFN4O3/c1-29(2)11-12-31(24(32)19-3-7-20(26)8-4-19)17-22-23(18-5-9-21(27)10-6-18)28-34-25(22)30-13-15-33-16-14-30/h3-10H,11-17H2,1-2H3. The van der Waals surface area contributed by atoms with Crippen LogP contribution in [0.4, 0.5) is 10.3 Å². The summed E-state index contributed by atoms with van der Waals surface area (Å²) < 4.78 is 24.9. The molecule has 0 bridgehead atoms. The predicted octanol–water partition coefficient (Wildman–Crippen LogP) is 4.17.